The van der Waals surface area contributed by atoms with Gasteiger partial charge in [0.15, 0.2) is 11.7 Å². The maximum absolute atomic E-state index is 14.4. The third-order valence-corrected chi connectivity index (χ3v) is 4.27. The molecule has 0 bridgehead atoms. The van der Waals surface area contributed by atoms with Crippen molar-refractivity contribution in [2.45, 2.75) is 38.8 Å². The van der Waals surface area contributed by atoms with Crippen LogP contribution in [0.15, 0.2) is 24.3 Å². The number of halogens is 9. The fourth-order valence-corrected chi connectivity index (χ4v) is 2.77. The minimum Gasteiger partial charge on any atom is -0.493 e. The largest absolute Gasteiger partial charge is 0.493 e. The van der Waals surface area contributed by atoms with Crippen LogP contribution in [0.1, 0.15) is 49.3 Å². The number of ether oxygens (including phenoxy) is 1. The summed E-state index contributed by atoms with van der Waals surface area (Å²) in [6, 6.07) is 0.951. The van der Waals surface area contributed by atoms with E-state index in [1.807, 2.05) is 6.92 Å². The first-order valence-electron chi connectivity index (χ1n) is 9.21. The smallest absolute Gasteiger partial charge is 0.422 e. The van der Waals surface area contributed by atoms with Crippen LogP contribution in [0.25, 0.3) is 11.7 Å². The molecule has 31 heavy (non-hydrogen) atoms. The highest BCUT2D eigenvalue weighted by atomic mass is 19.4. The highest BCUT2D eigenvalue weighted by Crippen LogP contribution is 2.38. The summed E-state index contributed by atoms with van der Waals surface area (Å²) in [5.74, 6) is -12.2. The summed E-state index contributed by atoms with van der Waals surface area (Å²) in [5, 5.41) is 0. The highest BCUT2D eigenvalue weighted by molar-refractivity contribution is 5.83. The summed E-state index contributed by atoms with van der Waals surface area (Å²) in [6.45, 7) is 2.12. The number of rotatable bonds is 8. The maximum Gasteiger partial charge on any atom is 0.422 e. The third-order valence-electron chi connectivity index (χ3n) is 4.27. The standard InChI is InChI=1S/C21H17F9O/c1-2-3-4-5-6-31-12-9-13(22)17(14(23)10-12)20(27)19(26)11-7-15(24)18(16(25)8-11)21(28,29)30/h7-10H,2-6H2,1H3. The summed E-state index contributed by atoms with van der Waals surface area (Å²) in [7, 11) is 0. The molecule has 0 spiro atoms. The van der Waals surface area contributed by atoms with Gasteiger partial charge in [0.25, 0.3) is 0 Å². The molecule has 0 aliphatic carbocycles. The van der Waals surface area contributed by atoms with E-state index in [1.165, 1.54) is 0 Å². The highest BCUT2D eigenvalue weighted by Gasteiger charge is 2.38. The lowest BCUT2D eigenvalue weighted by molar-refractivity contribution is -0.142. The van der Waals surface area contributed by atoms with Gasteiger partial charge >= 0.3 is 6.18 Å². The summed E-state index contributed by atoms with van der Waals surface area (Å²) in [6.07, 6.45) is -2.10. The third kappa shape index (κ3) is 5.95. The van der Waals surface area contributed by atoms with Crippen molar-refractivity contribution in [1.82, 2.24) is 0 Å². The second-order valence-electron chi connectivity index (χ2n) is 6.61. The lowest BCUT2D eigenvalue weighted by Crippen LogP contribution is -2.11. The van der Waals surface area contributed by atoms with Crippen LogP contribution in [0.3, 0.4) is 0 Å². The second kappa shape index (κ2) is 10.1. The minimum atomic E-state index is -5.42. The van der Waals surface area contributed by atoms with E-state index in [0.717, 1.165) is 19.3 Å². The van der Waals surface area contributed by atoms with Crippen LogP contribution in [-0.4, -0.2) is 6.61 Å². The van der Waals surface area contributed by atoms with E-state index in [4.69, 9.17) is 4.74 Å². The topological polar surface area (TPSA) is 9.23 Å². The van der Waals surface area contributed by atoms with Crippen LogP contribution in [0, 0.1) is 23.3 Å². The van der Waals surface area contributed by atoms with Crippen LogP contribution in [-0.2, 0) is 6.18 Å². The predicted molar refractivity (Wildman–Crippen MR) is 96.4 cm³/mol. The maximum atomic E-state index is 14.4. The van der Waals surface area contributed by atoms with E-state index in [-0.39, 0.29) is 24.5 Å². The fraction of sp³-hybridized carbons (Fsp3) is 0.333. The number of alkyl halides is 3. The van der Waals surface area contributed by atoms with Crippen molar-refractivity contribution < 1.29 is 44.3 Å². The van der Waals surface area contributed by atoms with Crippen molar-refractivity contribution in [2.24, 2.45) is 0 Å². The molecule has 0 saturated carbocycles. The van der Waals surface area contributed by atoms with Crippen molar-refractivity contribution in [2.75, 3.05) is 6.61 Å². The Bertz CT molecular complexity index is 918. The Kier molecular flexibility index (Phi) is 8.02. The van der Waals surface area contributed by atoms with Crippen molar-refractivity contribution in [3.63, 3.8) is 0 Å². The van der Waals surface area contributed by atoms with Gasteiger partial charge in [0, 0.05) is 17.7 Å². The number of unbranched alkanes of at least 4 members (excludes halogenated alkanes) is 3. The Balaban J connectivity index is 2.35. The van der Waals surface area contributed by atoms with Crippen LogP contribution in [0.2, 0.25) is 0 Å². The van der Waals surface area contributed by atoms with Crippen molar-refractivity contribution in [3.05, 3.63) is 64.2 Å². The molecule has 2 rings (SSSR count). The molecule has 0 fully saturated rings. The Morgan fingerprint density at radius 3 is 1.81 bits per heavy atom. The second-order valence-corrected chi connectivity index (χ2v) is 6.61. The minimum absolute atomic E-state index is 0.121. The van der Waals surface area contributed by atoms with Gasteiger partial charge in [-0.2, -0.15) is 13.2 Å². The molecule has 170 valence electrons. The lowest BCUT2D eigenvalue weighted by atomic mass is 10.1. The monoisotopic (exact) mass is 456 g/mol. The first-order valence-corrected chi connectivity index (χ1v) is 9.21. The molecule has 0 radical (unpaired) electrons. The molecular weight excluding hydrogens is 439 g/mol. The van der Waals surface area contributed by atoms with Crippen LogP contribution in [0.5, 0.6) is 5.75 Å². The number of benzene rings is 2. The van der Waals surface area contributed by atoms with Gasteiger partial charge in [-0.1, -0.05) is 26.2 Å². The average molecular weight is 456 g/mol. The van der Waals surface area contributed by atoms with Crippen molar-refractivity contribution in [3.8, 4) is 5.75 Å². The first kappa shape index (κ1) is 24.6. The van der Waals surface area contributed by atoms with E-state index in [1.54, 1.807) is 0 Å². The molecular formula is C21H17F9O. The molecule has 0 amide bonds. The lowest BCUT2D eigenvalue weighted by Gasteiger charge is -2.12. The van der Waals surface area contributed by atoms with Gasteiger partial charge in [0.1, 0.15) is 34.6 Å². The Morgan fingerprint density at radius 2 is 1.32 bits per heavy atom. The van der Waals surface area contributed by atoms with E-state index < -0.39 is 57.8 Å². The average Bonchev–Trinajstić information content (AvgIpc) is 2.64. The van der Waals surface area contributed by atoms with Gasteiger partial charge in [-0.05, 0) is 18.6 Å². The zero-order valence-corrected chi connectivity index (χ0v) is 16.2. The molecule has 2 aromatic carbocycles. The SMILES string of the molecule is CCCCCCOc1cc(F)c(C(F)=C(F)c2cc(F)c(C(F)(F)F)c(F)c2)c(F)c1. The van der Waals surface area contributed by atoms with Crippen molar-refractivity contribution in [1.29, 1.82) is 0 Å². The van der Waals surface area contributed by atoms with E-state index in [9.17, 15) is 39.5 Å². The van der Waals surface area contributed by atoms with Crippen LogP contribution in [0.4, 0.5) is 39.5 Å². The van der Waals surface area contributed by atoms with Crippen molar-refractivity contribution >= 4 is 11.7 Å². The van der Waals surface area contributed by atoms with Gasteiger partial charge in [-0.25, -0.2) is 26.3 Å². The van der Waals surface area contributed by atoms with E-state index >= 15 is 0 Å². The molecule has 0 aromatic heterocycles. The molecule has 10 heteroatoms. The van der Waals surface area contributed by atoms with E-state index in [2.05, 4.69) is 0 Å². The molecule has 0 atom stereocenters. The fourth-order valence-electron chi connectivity index (χ4n) is 2.77. The predicted octanol–water partition coefficient (Wildman–Crippen LogP) is 7.99. The number of hydrogen-bond donors (Lipinski definition) is 0. The van der Waals surface area contributed by atoms with Gasteiger partial charge in [-0.3, -0.25) is 0 Å². The summed E-state index contributed by atoms with van der Waals surface area (Å²) in [4.78, 5) is 0. The van der Waals surface area contributed by atoms with Crippen LogP contribution >= 0.6 is 0 Å². The summed E-state index contributed by atoms with van der Waals surface area (Å²) < 4.78 is 127. The Morgan fingerprint density at radius 1 is 0.774 bits per heavy atom. The molecule has 0 unspecified atom stereocenters. The molecule has 2 aromatic rings. The Labute approximate surface area is 172 Å². The van der Waals surface area contributed by atoms with Crippen LogP contribution < -0.4 is 4.74 Å². The van der Waals surface area contributed by atoms with Gasteiger partial charge in [-0.15, -0.1) is 0 Å². The molecule has 0 saturated heterocycles. The Hall–Kier alpha value is -2.65. The normalized spacial score (nSPS) is 12.7. The van der Waals surface area contributed by atoms with Gasteiger partial charge < -0.3 is 4.74 Å². The molecule has 1 nitrogen and oxygen atoms in total. The first-order chi connectivity index (χ1) is 14.5. The molecule has 0 N–H and O–H groups in total. The van der Waals surface area contributed by atoms with Gasteiger partial charge in [0.05, 0.1) is 12.2 Å². The number of hydrogen-bond acceptors (Lipinski definition) is 1. The zero-order valence-electron chi connectivity index (χ0n) is 16.2. The molecule has 0 heterocycles. The summed E-state index contributed by atoms with van der Waals surface area (Å²) >= 11 is 0. The van der Waals surface area contributed by atoms with E-state index in [0.29, 0.717) is 18.6 Å². The van der Waals surface area contributed by atoms with Gasteiger partial charge in [0.2, 0.25) is 0 Å². The molecule has 0 aliphatic heterocycles. The zero-order chi connectivity index (χ0) is 23.3. The summed E-state index contributed by atoms with van der Waals surface area (Å²) in [5.41, 5.74) is -5.09. The molecule has 0 aliphatic rings. The quantitative estimate of drug-likeness (QED) is 0.222.